The van der Waals surface area contributed by atoms with E-state index >= 15 is 0 Å². The second-order valence-electron chi connectivity index (χ2n) is 3.86. The summed E-state index contributed by atoms with van der Waals surface area (Å²) < 4.78 is 10.9. The van der Waals surface area contributed by atoms with Gasteiger partial charge in [0.15, 0.2) is 17.3 Å². The van der Waals surface area contributed by atoms with Gasteiger partial charge < -0.3 is 20.5 Å². The topological polar surface area (TPSA) is 82.3 Å². The maximum Gasteiger partial charge on any atom is 0.248 e. The van der Waals surface area contributed by atoms with Crippen molar-refractivity contribution >= 4 is 11.5 Å². The first-order valence-corrected chi connectivity index (χ1v) is 6.02. The number of nitrogen functional groups attached to an aromatic ring is 1. The number of benzene rings is 1. The van der Waals surface area contributed by atoms with Gasteiger partial charge in [0.1, 0.15) is 12.0 Å². The Bertz CT molecular complexity index is 601. The normalized spacial score (nSPS) is 9.85. The molecule has 0 amide bonds. The van der Waals surface area contributed by atoms with Crippen LogP contribution in [0.2, 0.25) is 0 Å². The minimum absolute atomic E-state index is 0.274. The summed E-state index contributed by atoms with van der Waals surface area (Å²) in [4.78, 5) is 8.09. The van der Waals surface area contributed by atoms with E-state index in [1.807, 2.05) is 12.1 Å². The van der Waals surface area contributed by atoms with Crippen molar-refractivity contribution in [3.8, 4) is 17.4 Å². The molecule has 1 aromatic heterocycles. The molecule has 0 aliphatic carbocycles. The summed E-state index contributed by atoms with van der Waals surface area (Å²) >= 11 is 0. The molecule has 1 heterocycles. The summed E-state index contributed by atoms with van der Waals surface area (Å²) in [7, 11) is 1.57. The molecule has 1 aromatic carbocycles. The SMILES string of the molecule is C=CCNc1ncnc(Oc2ccccc2OC)c1N. The van der Waals surface area contributed by atoms with Gasteiger partial charge in [0.25, 0.3) is 0 Å². The molecule has 0 fully saturated rings. The zero-order valence-electron chi connectivity index (χ0n) is 11.2. The average Bonchev–Trinajstić information content (AvgIpc) is 2.48. The molecule has 0 aliphatic heterocycles. The van der Waals surface area contributed by atoms with Crippen molar-refractivity contribution in [1.82, 2.24) is 9.97 Å². The molecule has 0 spiro atoms. The van der Waals surface area contributed by atoms with Crippen LogP contribution in [-0.4, -0.2) is 23.6 Å². The fourth-order valence-electron chi connectivity index (χ4n) is 1.58. The Labute approximate surface area is 117 Å². The minimum Gasteiger partial charge on any atom is -0.493 e. The summed E-state index contributed by atoms with van der Waals surface area (Å²) in [6, 6.07) is 7.26. The standard InChI is InChI=1S/C14H16N4O2/c1-3-8-16-13-12(15)14(18-9-17-13)20-11-7-5-4-6-10(11)19-2/h3-7,9H,1,8,15H2,2H3,(H,16,17,18). The van der Waals surface area contributed by atoms with Crippen LogP contribution in [0, 0.1) is 0 Å². The van der Waals surface area contributed by atoms with Gasteiger partial charge in [0.2, 0.25) is 5.88 Å². The predicted molar refractivity (Wildman–Crippen MR) is 78.2 cm³/mol. The Morgan fingerprint density at radius 1 is 1.30 bits per heavy atom. The summed E-state index contributed by atoms with van der Waals surface area (Å²) in [6.07, 6.45) is 3.09. The van der Waals surface area contributed by atoms with E-state index in [4.69, 9.17) is 15.2 Å². The van der Waals surface area contributed by atoms with Crippen LogP contribution in [0.5, 0.6) is 17.4 Å². The lowest BCUT2D eigenvalue weighted by molar-refractivity contribution is 0.374. The molecule has 2 rings (SSSR count). The molecular weight excluding hydrogens is 256 g/mol. The highest BCUT2D eigenvalue weighted by molar-refractivity contribution is 5.67. The number of ether oxygens (including phenoxy) is 2. The lowest BCUT2D eigenvalue weighted by Crippen LogP contribution is -2.06. The minimum atomic E-state index is 0.274. The molecule has 0 unspecified atom stereocenters. The number of nitrogens with zero attached hydrogens (tertiary/aromatic N) is 2. The summed E-state index contributed by atoms with van der Waals surface area (Å²) in [5.74, 6) is 1.92. The Morgan fingerprint density at radius 2 is 2.05 bits per heavy atom. The van der Waals surface area contributed by atoms with Gasteiger partial charge >= 0.3 is 0 Å². The van der Waals surface area contributed by atoms with E-state index in [2.05, 4.69) is 21.9 Å². The number of para-hydroxylation sites is 2. The molecule has 2 aromatic rings. The van der Waals surface area contributed by atoms with Gasteiger partial charge in [-0.3, -0.25) is 0 Å². The number of anilines is 2. The molecule has 0 atom stereocenters. The van der Waals surface area contributed by atoms with E-state index in [-0.39, 0.29) is 5.88 Å². The van der Waals surface area contributed by atoms with Crippen molar-refractivity contribution in [2.45, 2.75) is 0 Å². The molecule has 104 valence electrons. The summed E-state index contributed by atoms with van der Waals surface area (Å²) in [6.45, 7) is 4.17. The number of nitrogens with one attached hydrogen (secondary N) is 1. The lowest BCUT2D eigenvalue weighted by Gasteiger charge is -2.12. The number of aromatic nitrogens is 2. The zero-order valence-corrected chi connectivity index (χ0v) is 11.2. The molecule has 20 heavy (non-hydrogen) atoms. The molecule has 0 radical (unpaired) electrons. The van der Waals surface area contributed by atoms with Crippen LogP contribution in [0.4, 0.5) is 11.5 Å². The number of rotatable bonds is 6. The number of methoxy groups -OCH3 is 1. The van der Waals surface area contributed by atoms with Crippen LogP contribution < -0.4 is 20.5 Å². The monoisotopic (exact) mass is 272 g/mol. The molecule has 6 nitrogen and oxygen atoms in total. The Hall–Kier alpha value is -2.76. The molecule has 0 saturated carbocycles. The summed E-state index contributed by atoms with van der Waals surface area (Å²) in [5, 5.41) is 3.01. The third-order valence-electron chi connectivity index (χ3n) is 2.54. The highest BCUT2D eigenvalue weighted by atomic mass is 16.5. The van der Waals surface area contributed by atoms with E-state index in [0.717, 1.165) is 0 Å². The van der Waals surface area contributed by atoms with Crippen LogP contribution in [0.15, 0.2) is 43.2 Å². The first kappa shape index (κ1) is 13.7. The lowest BCUT2D eigenvalue weighted by atomic mass is 10.3. The van der Waals surface area contributed by atoms with Crippen molar-refractivity contribution in [2.24, 2.45) is 0 Å². The zero-order chi connectivity index (χ0) is 14.4. The fraction of sp³-hybridized carbons (Fsp3) is 0.143. The van der Waals surface area contributed by atoms with Crippen LogP contribution in [0.1, 0.15) is 0 Å². The quantitative estimate of drug-likeness (QED) is 0.786. The first-order chi connectivity index (χ1) is 9.76. The van der Waals surface area contributed by atoms with Crippen molar-refractivity contribution in [3.63, 3.8) is 0 Å². The van der Waals surface area contributed by atoms with Crippen LogP contribution in [0.25, 0.3) is 0 Å². The Balaban J connectivity index is 2.27. The fourth-order valence-corrected chi connectivity index (χ4v) is 1.58. The average molecular weight is 272 g/mol. The van der Waals surface area contributed by atoms with Crippen LogP contribution in [0.3, 0.4) is 0 Å². The highest BCUT2D eigenvalue weighted by Crippen LogP contribution is 2.34. The second kappa shape index (κ2) is 6.42. The van der Waals surface area contributed by atoms with Gasteiger partial charge in [0, 0.05) is 6.54 Å². The third kappa shape index (κ3) is 2.97. The van der Waals surface area contributed by atoms with Crippen molar-refractivity contribution < 1.29 is 9.47 Å². The Morgan fingerprint density at radius 3 is 2.75 bits per heavy atom. The van der Waals surface area contributed by atoms with E-state index in [9.17, 15) is 0 Å². The number of hydrogen-bond acceptors (Lipinski definition) is 6. The Kier molecular flexibility index (Phi) is 4.39. The molecular formula is C14H16N4O2. The van der Waals surface area contributed by atoms with Crippen LogP contribution in [-0.2, 0) is 0 Å². The third-order valence-corrected chi connectivity index (χ3v) is 2.54. The number of hydrogen-bond donors (Lipinski definition) is 2. The van der Waals surface area contributed by atoms with E-state index < -0.39 is 0 Å². The van der Waals surface area contributed by atoms with Gasteiger partial charge in [-0.05, 0) is 12.1 Å². The number of nitrogens with two attached hydrogens (primary N) is 1. The highest BCUT2D eigenvalue weighted by Gasteiger charge is 2.12. The smallest absolute Gasteiger partial charge is 0.248 e. The van der Waals surface area contributed by atoms with Crippen molar-refractivity contribution in [2.75, 3.05) is 24.7 Å². The first-order valence-electron chi connectivity index (χ1n) is 6.02. The van der Waals surface area contributed by atoms with Crippen molar-refractivity contribution in [3.05, 3.63) is 43.2 Å². The largest absolute Gasteiger partial charge is 0.493 e. The molecule has 6 heteroatoms. The van der Waals surface area contributed by atoms with E-state index in [1.54, 1.807) is 25.3 Å². The van der Waals surface area contributed by atoms with Gasteiger partial charge in [0.05, 0.1) is 7.11 Å². The predicted octanol–water partition coefficient (Wildman–Crippen LogP) is 2.46. The van der Waals surface area contributed by atoms with Gasteiger partial charge in [-0.15, -0.1) is 6.58 Å². The van der Waals surface area contributed by atoms with E-state index in [1.165, 1.54) is 6.33 Å². The van der Waals surface area contributed by atoms with Crippen molar-refractivity contribution in [1.29, 1.82) is 0 Å². The summed E-state index contributed by atoms with van der Waals surface area (Å²) in [5.41, 5.74) is 6.31. The molecule has 0 bridgehead atoms. The molecule has 0 aliphatic rings. The van der Waals surface area contributed by atoms with Gasteiger partial charge in [-0.25, -0.2) is 4.98 Å². The van der Waals surface area contributed by atoms with Crippen LogP contribution >= 0.6 is 0 Å². The molecule has 0 saturated heterocycles. The maximum atomic E-state index is 5.98. The van der Waals surface area contributed by atoms with Gasteiger partial charge in [-0.2, -0.15) is 4.98 Å². The van der Waals surface area contributed by atoms with Gasteiger partial charge in [-0.1, -0.05) is 18.2 Å². The second-order valence-corrected chi connectivity index (χ2v) is 3.86. The molecule has 3 N–H and O–H groups in total. The maximum absolute atomic E-state index is 5.98. The van der Waals surface area contributed by atoms with E-state index in [0.29, 0.717) is 29.5 Å².